The summed E-state index contributed by atoms with van der Waals surface area (Å²) >= 11 is -0.676. The van der Waals surface area contributed by atoms with Crippen LogP contribution < -0.4 is 20.1 Å². The number of carbonyl (C=O) groups is 5. The van der Waals surface area contributed by atoms with Gasteiger partial charge in [0.2, 0.25) is 18.1 Å². The third-order valence-electron chi connectivity index (χ3n) is 13.1. The average Bonchev–Trinajstić information content (AvgIpc) is 1.90. The summed E-state index contributed by atoms with van der Waals surface area (Å²) in [5.74, 6) is -8.01. The minimum absolute atomic E-state index is 0.0583. The molecule has 0 aromatic heterocycles. The zero-order chi connectivity index (χ0) is 66.0. The van der Waals surface area contributed by atoms with Crippen LogP contribution >= 0.6 is 24.6 Å². The predicted octanol–water partition coefficient (Wildman–Crippen LogP) is -7.59. The van der Waals surface area contributed by atoms with E-state index in [2.05, 4.69) is 37.7 Å². The van der Waals surface area contributed by atoms with Crippen molar-refractivity contribution in [1.82, 2.24) is 10.6 Å². The van der Waals surface area contributed by atoms with E-state index in [1.54, 1.807) is 0 Å². The van der Waals surface area contributed by atoms with Crippen LogP contribution in [0.3, 0.4) is 0 Å². The quantitative estimate of drug-likeness (QED) is 0.0112. The number of ether oxygens (including phenoxy) is 11. The molecule has 25 atom stereocenters. The topological polar surface area (TPSA) is 636 Å². The summed E-state index contributed by atoms with van der Waals surface area (Å²) in [7, 11) is -9.66. The van der Waals surface area contributed by atoms with Gasteiger partial charge in [0.1, 0.15) is 115 Å². The maximum atomic E-state index is 13.3. The molecule has 16 N–H and O–H groups in total. The first kappa shape index (κ1) is 73.7. The molecule has 0 bridgehead atoms. The molecule has 44 nitrogen and oxygen atoms in total. The van der Waals surface area contributed by atoms with E-state index in [4.69, 9.17) is 71.0 Å². The highest BCUT2D eigenvalue weighted by Gasteiger charge is 2.60. The van der Waals surface area contributed by atoms with E-state index in [-0.39, 0.29) is 30.4 Å². The molecule has 0 aliphatic carbocycles. The molecule has 5 fully saturated rings. The number of aliphatic carboxylic acids is 3. The van der Waals surface area contributed by atoms with Crippen LogP contribution in [-0.2, 0) is 123 Å². The summed E-state index contributed by atoms with van der Waals surface area (Å²) in [6, 6.07) is 1.06. The van der Waals surface area contributed by atoms with E-state index in [0.29, 0.717) is 5.75 Å². The third-order valence-corrected chi connectivity index (χ3v) is 14.8. The maximum absolute atomic E-state index is 13.3. The van der Waals surface area contributed by atoms with Crippen molar-refractivity contribution in [2.45, 2.75) is 167 Å². The van der Waals surface area contributed by atoms with Gasteiger partial charge in [-0.05, 0) is 24.3 Å². The number of aliphatic hydroxyl groups excluding tert-OH is 7. The molecule has 5 saturated heterocycles. The number of methoxy groups -OCH3 is 1. The van der Waals surface area contributed by atoms with Crippen molar-refractivity contribution < 1.29 is 199 Å². The molecule has 10 unspecified atom stereocenters. The Morgan fingerprint density at radius 1 is 0.483 bits per heavy atom. The largest absolute Gasteiger partial charge is 0.497 e. The molecule has 0 radical (unpaired) electrons. The second-order valence-corrected chi connectivity index (χ2v) is 22.0. The second kappa shape index (κ2) is 32.5. The van der Waals surface area contributed by atoms with Gasteiger partial charge in [0.25, 0.3) is 0 Å². The highest BCUT2D eigenvalue weighted by Crippen LogP contribution is 2.39. The first-order chi connectivity index (χ1) is 41.8. The number of aliphatic hydroxyl groups is 7. The molecule has 89 heavy (non-hydrogen) atoms. The van der Waals surface area contributed by atoms with Gasteiger partial charge in [-0.2, -0.15) is 16.8 Å². The number of carboxylic acid groups (broad SMARTS) is 3. The fourth-order valence-corrected chi connectivity index (χ4v) is 10.6. The first-order valence-corrected chi connectivity index (χ1v) is 28.9. The summed E-state index contributed by atoms with van der Waals surface area (Å²) < 4.78 is 157. The molecule has 5 heterocycles. The lowest BCUT2D eigenvalue weighted by molar-refractivity contribution is -0.435. The van der Waals surface area contributed by atoms with Crippen LogP contribution in [0.15, 0.2) is 24.3 Å². The Bertz CT molecular complexity index is 2740. The first-order valence-electron chi connectivity index (χ1n) is 24.8. The van der Waals surface area contributed by atoms with Crippen LogP contribution in [0.25, 0.3) is 0 Å². The smallest absolute Gasteiger partial charge is 0.397 e. The van der Waals surface area contributed by atoms with Crippen molar-refractivity contribution in [3.63, 3.8) is 0 Å². The number of carbonyl (C=O) groups excluding carboxylic acids is 2. The molecule has 5 aliphatic heterocycles. The van der Waals surface area contributed by atoms with E-state index in [1.165, 1.54) is 31.4 Å². The van der Waals surface area contributed by atoms with Crippen molar-refractivity contribution >= 4 is 75.2 Å². The number of carboxylic acids is 3. The van der Waals surface area contributed by atoms with Crippen LogP contribution in [0.5, 0.6) is 11.5 Å². The van der Waals surface area contributed by atoms with Crippen molar-refractivity contribution in [3.8, 4) is 11.5 Å². The van der Waals surface area contributed by atoms with Crippen LogP contribution in [-0.4, -0.2) is 291 Å². The Morgan fingerprint density at radius 3 is 1.21 bits per heavy atom. The minimum Gasteiger partial charge on any atom is -0.497 e. The maximum Gasteiger partial charge on any atom is 0.397 e. The van der Waals surface area contributed by atoms with E-state index in [9.17, 15) is 101 Å². The van der Waals surface area contributed by atoms with Gasteiger partial charge in [-0.1, -0.05) is 10.1 Å². The Morgan fingerprint density at radius 2 is 0.843 bits per heavy atom. The lowest BCUT2D eigenvalue weighted by Crippen LogP contribution is -2.71. The van der Waals surface area contributed by atoms with Crippen molar-refractivity contribution in [2.24, 2.45) is 0 Å². The normalized spacial score (nSPS) is 37.8. The van der Waals surface area contributed by atoms with Crippen molar-refractivity contribution in [2.75, 3.05) is 20.3 Å². The lowest BCUT2D eigenvalue weighted by Gasteiger charge is -2.51. The van der Waals surface area contributed by atoms with E-state index < -0.39 is 217 Å². The third kappa shape index (κ3) is 19.4. The summed E-state index contributed by atoms with van der Waals surface area (Å²) in [4.78, 5) is 64.2. The molecule has 5 aliphatic rings. The minimum atomic E-state index is -5.50. The van der Waals surface area contributed by atoms with Crippen LogP contribution in [0.4, 0.5) is 0 Å². The zero-order valence-corrected chi connectivity index (χ0v) is 48.2. The fraction of sp³-hybridized carbons (Fsp3) is 0.732. The summed E-state index contributed by atoms with van der Waals surface area (Å²) in [6.07, 6.45) is -55.2. The summed E-state index contributed by atoms with van der Waals surface area (Å²) in [6.45, 7) is -1.26. The monoisotopic (exact) mass is 1380 g/mol. The molecule has 1 aromatic carbocycles. The van der Waals surface area contributed by atoms with Crippen LogP contribution in [0.1, 0.15) is 13.8 Å². The van der Waals surface area contributed by atoms with Gasteiger partial charge in [-0.15, -0.1) is 8.67 Å². The van der Waals surface area contributed by atoms with Crippen molar-refractivity contribution in [1.29, 1.82) is 0 Å². The van der Waals surface area contributed by atoms with E-state index in [1.807, 2.05) is 0 Å². The summed E-state index contributed by atoms with van der Waals surface area (Å²) in [5.41, 5.74) is 0. The van der Waals surface area contributed by atoms with Gasteiger partial charge in [0.05, 0.1) is 20.3 Å². The number of benzene rings is 1. The fourth-order valence-electron chi connectivity index (χ4n) is 9.25. The second-order valence-electron chi connectivity index (χ2n) is 18.9. The Balaban J connectivity index is 1.39. The number of amides is 2. The number of hydrogen-bond acceptors (Lipinski definition) is 39. The van der Waals surface area contributed by atoms with Crippen LogP contribution in [0, 0.1) is 0 Å². The average molecular weight is 1380 g/mol. The molecule has 0 spiro atoms. The molecule has 48 heteroatoms. The number of rotatable bonds is 30. The highest BCUT2D eigenvalue weighted by atomic mass is 32.3. The SMILES string of the molecule is COc1ccc(O[C@H]2O[C@H](C(=O)O)[C@@H](O[C@@H]3OC(COS(=O)(=O)O)[C@H](OSOOO)[C@H](O[C@H]4O[C@H](C(=O)O)[C@@H](O[C@@H]5OC(COS(=O)(=O)O)[C@H](OSOOO)[C@H](O[C@H]6O[C@H](C(=O)O)[C@@H](O)C(O)C6O)C5NC(C)=O)C(O)C4O)C3NC(C)=O)C(O)C2O)cc1. The molecule has 0 saturated carbocycles. The Labute approximate surface area is 506 Å². The molecule has 6 rings (SSSR count). The lowest BCUT2D eigenvalue weighted by atomic mass is 9.93. The molecule has 2 amide bonds. The van der Waals surface area contributed by atoms with Crippen molar-refractivity contribution in [3.05, 3.63) is 24.3 Å². The predicted molar refractivity (Wildman–Crippen MR) is 266 cm³/mol. The van der Waals surface area contributed by atoms with Gasteiger partial charge in [0, 0.05) is 13.8 Å². The molecule has 508 valence electrons. The van der Waals surface area contributed by atoms with Gasteiger partial charge < -0.3 is 114 Å². The van der Waals surface area contributed by atoms with E-state index in [0.717, 1.165) is 13.8 Å². The molecular weight excluding hydrogens is 1320 g/mol. The van der Waals surface area contributed by atoms with Crippen LogP contribution in [0.2, 0.25) is 0 Å². The molecular formula is C41H58N2O42S4. The Hall–Kier alpha value is -4.35. The molecule has 1 aromatic rings. The standard InChI is InChI=1S/C41H58N2O42S4/c1-10(44)42-16-27(73-40-22(50)18(46)19(47)31(77-40)34(53)54)25(80-86-84-82-59)14(8-68-88(61,62)63)71-37(16)76-30-21(49)24(52)41(79-33(30)36(57)58)74-28-17(43-11(2)45)38(72-15(9-69-89(64,65)66)26(28)81-87-85-83-60)75-29-20(48)23(51)39(78-32(29)35(55)56)70-13-6-4-12(67-3)5-7-13/h4-7,14-33,37-41,46-52,59-60H,8-9H2,1-3H3,(H,42,44)(H,43,45)(H,53,54)(H,55,56)(H,57,58)(H,61,62,63)(H,64,65,66)/t14?,15?,16?,17?,18?,19-,20?,21?,22?,23?,24?,25-,26-,27+,28+,29-,30-,31-,32-,33-,37-,38-,39-,40-,41-/m0/s1. The number of nitrogens with one attached hydrogen (secondary N) is 2. The van der Waals surface area contributed by atoms with Gasteiger partial charge in [-0.25, -0.2) is 33.3 Å². The highest BCUT2D eigenvalue weighted by molar-refractivity contribution is 7.90. The zero-order valence-electron chi connectivity index (χ0n) is 45.0. The summed E-state index contributed by atoms with van der Waals surface area (Å²) in [5, 5.41) is 138. The van der Waals surface area contributed by atoms with E-state index >= 15 is 0 Å². The van der Waals surface area contributed by atoms with Gasteiger partial charge in [0.15, 0.2) is 68.1 Å². The van der Waals surface area contributed by atoms with Gasteiger partial charge in [-0.3, -0.25) is 27.1 Å². The Kier molecular flexibility index (Phi) is 26.9. The number of hydrogen-bond donors (Lipinski definition) is 16. The van der Waals surface area contributed by atoms with Gasteiger partial charge >= 0.3 is 38.7 Å².